The van der Waals surface area contributed by atoms with Gasteiger partial charge in [-0.3, -0.25) is 14.5 Å². The number of hydrogen-bond donors (Lipinski definition) is 1. The van der Waals surface area contributed by atoms with Crippen LogP contribution in [0.2, 0.25) is 0 Å². The van der Waals surface area contributed by atoms with Gasteiger partial charge in [0, 0.05) is 12.8 Å². The van der Waals surface area contributed by atoms with Crippen molar-refractivity contribution in [3.8, 4) is 0 Å². The van der Waals surface area contributed by atoms with Gasteiger partial charge in [-0.05, 0) is 31.4 Å². The van der Waals surface area contributed by atoms with E-state index in [2.05, 4.69) is 5.16 Å². The normalized spacial score (nSPS) is 14.6. The van der Waals surface area contributed by atoms with Crippen LogP contribution in [0.4, 0.5) is 0 Å². The zero-order valence-corrected chi connectivity index (χ0v) is 9.87. The van der Waals surface area contributed by atoms with Crippen LogP contribution in [-0.4, -0.2) is 34.7 Å². The van der Waals surface area contributed by atoms with Crippen LogP contribution in [0, 0.1) is 0 Å². The van der Waals surface area contributed by atoms with Crippen molar-refractivity contribution in [1.82, 2.24) is 4.90 Å². The number of benzene rings is 1. The molecule has 5 nitrogen and oxygen atoms in total. The summed E-state index contributed by atoms with van der Waals surface area (Å²) in [4.78, 5) is 25.2. The van der Waals surface area contributed by atoms with E-state index in [1.807, 2.05) is 0 Å². The van der Waals surface area contributed by atoms with Crippen molar-refractivity contribution in [2.24, 2.45) is 5.16 Å². The third-order valence-electron chi connectivity index (χ3n) is 2.92. The fourth-order valence-electron chi connectivity index (χ4n) is 2.01. The average molecular weight is 246 g/mol. The number of amides is 2. The summed E-state index contributed by atoms with van der Waals surface area (Å²) < 4.78 is 0. The minimum Gasteiger partial charge on any atom is -0.411 e. The monoisotopic (exact) mass is 246 g/mol. The second-order valence-electron chi connectivity index (χ2n) is 4.10. The van der Waals surface area contributed by atoms with Crippen LogP contribution in [0.1, 0.15) is 40.0 Å². The van der Waals surface area contributed by atoms with Gasteiger partial charge in [-0.25, -0.2) is 0 Å². The highest BCUT2D eigenvalue weighted by molar-refractivity contribution is 6.21. The zero-order valence-electron chi connectivity index (χ0n) is 9.87. The molecule has 0 aromatic heterocycles. The first-order chi connectivity index (χ1) is 8.75. The summed E-state index contributed by atoms with van der Waals surface area (Å²) in [6.07, 6.45) is 3.52. The third kappa shape index (κ3) is 2.25. The minimum absolute atomic E-state index is 0.216. The predicted octanol–water partition coefficient (Wildman–Crippen LogP) is 1.91. The highest BCUT2D eigenvalue weighted by Crippen LogP contribution is 2.22. The van der Waals surface area contributed by atoms with Crippen molar-refractivity contribution in [3.63, 3.8) is 0 Å². The minimum atomic E-state index is -0.216. The predicted molar refractivity (Wildman–Crippen MR) is 65.9 cm³/mol. The molecule has 94 valence electrons. The van der Waals surface area contributed by atoms with E-state index < -0.39 is 0 Å². The topological polar surface area (TPSA) is 70.0 Å². The second kappa shape index (κ2) is 5.44. The molecule has 0 radical (unpaired) electrons. The van der Waals surface area contributed by atoms with Gasteiger partial charge < -0.3 is 5.21 Å². The molecule has 0 fully saturated rings. The van der Waals surface area contributed by atoms with E-state index in [1.54, 1.807) is 24.3 Å². The number of fused-ring (bicyclic) bond motifs is 1. The van der Waals surface area contributed by atoms with Gasteiger partial charge in [0.25, 0.3) is 11.8 Å². The van der Waals surface area contributed by atoms with Crippen LogP contribution in [0.25, 0.3) is 0 Å². The molecule has 1 aromatic rings. The number of carbonyl (C=O) groups is 2. The first-order valence-corrected chi connectivity index (χ1v) is 5.87. The Morgan fingerprint density at radius 2 is 1.72 bits per heavy atom. The average Bonchev–Trinajstić information content (AvgIpc) is 2.64. The lowest BCUT2D eigenvalue weighted by atomic mass is 10.1. The van der Waals surface area contributed by atoms with Crippen molar-refractivity contribution in [2.75, 3.05) is 6.54 Å². The highest BCUT2D eigenvalue weighted by Gasteiger charge is 2.34. The van der Waals surface area contributed by atoms with Gasteiger partial charge in [0.1, 0.15) is 0 Å². The first kappa shape index (κ1) is 12.3. The third-order valence-corrected chi connectivity index (χ3v) is 2.92. The molecule has 18 heavy (non-hydrogen) atoms. The molecule has 0 spiro atoms. The summed E-state index contributed by atoms with van der Waals surface area (Å²) >= 11 is 0. The first-order valence-electron chi connectivity index (χ1n) is 5.87. The van der Waals surface area contributed by atoms with Gasteiger partial charge in [-0.1, -0.05) is 12.1 Å². The summed E-state index contributed by atoms with van der Waals surface area (Å²) in [5, 5.41) is 11.1. The number of unbranched alkanes of at least 4 members (excludes halogenated alkanes) is 2. The number of imide groups is 1. The maximum atomic E-state index is 12.0. The van der Waals surface area contributed by atoms with E-state index in [0.29, 0.717) is 30.5 Å². The lowest BCUT2D eigenvalue weighted by Crippen LogP contribution is -2.30. The van der Waals surface area contributed by atoms with Gasteiger partial charge >= 0.3 is 0 Å². The maximum Gasteiger partial charge on any atom is 0.261 e. The number of nitrogens with zero attached hydrogens (tertiary/aromatic N) is 2. The van der Waals surface area contributed by atoms with Gasteiger partial charge in [0.15, 0.2) is 0 Å². The molecule has 0 saturated carbocycles. The number of oxime groups is 1. The summed E-state index contributed by atoms with van der Waals surface area (Å²) in [6.45, 7) is 0.408. The van der Waals surface area contributed by atoms with Crippen LogP contribution < -0.4 is 0 Å². The number of rotatable bonds is 5. The summed E-state index contributed by atoms with van der Waals surface area (Å²) in [7, 11) is 0. The molecule has 1 aliphatic heterocycles. The summed E-state index contributed by atoms with van der Waals surface area (Å²) in [6, 6.07) is 6.86. The maximum absolute atomic E-state index is 12.0. The molecule has 0 atom stereocenters. The Morgan fingerprint density at radius 3 is 2.28 bits per heavy atom. The molecule has 1 heterocycles. The molecule has 1 N–H and O–H groups in total. The Balaban J connectivity index is 1.96. The van der Waals surface area contributed by atoms with E-state index in [-0.39, 0.29) is 11.8 Å². The van der Waals surface area contributed by atoms with Crippen LogP contribution in [0.5, 0.6) is 0 Å². The quantitative estimate of drug-likeness (QED) is 0.283. The second-order valence-corrected chi connectivity index (χ2v) is 4.10. The van der Waals surface area contributed by atoms with Crippen molar-refractivity contribution < 1.29 is 14.8 Å². The van der Waals surface area contributed by atoms with Crippen molar-refractivity contribution >= 4 is 18.0 Å². The van der Waals surface area contributed by atoms with Gasteiger partial charge in [-0.2, -0.15) is 0 Å². The van der Waals surface area contributed by atoms with Crippen LogP contribution >= 0.6 is 0 Å². The van der Waals surface area contributed by atoms with E-state index in [1.165, 1.54) is 11.1 Å². The molecule has 0 bridgehead atoms. The van der Waals surface area contributed by atoms with Crippen LogP contribution in [0.15, 0.2) is 29.4 Å². The number of carbonyl (C=O) groups excluding carboxylic acids is 2. The molecular formula is C13H14N2O3. The van der Waals surface area contributed by atoms with Gasteiger partial charge in [-0.15, -0.1) is 5.16 Å². The molecule has 0 unspecified atom stereocenters. The molecule has 5 heteroatoms. The lowest BCUT2D eigenvalue weighted by Gasteiger charge is -2.12. The van der Waals surface area contributed by atoms with Crippen LogP contribution in [-0.2, 0) is 0 Å². The SMILES string of the molecule is O=C1c2ccccc2C(=O)N1CCCC/C=N/O. The Hall–Kier alpha value is -2.17. The number of hydrogen-bond acceptors (Lipinski definition) is 4. The molecule has 0 saturated heterocycles. The van der Waals surface area contributed by atoms with E-state index >= 15 is 0 Å². The van der Waals surface area contributed by atoms with E-state index in [9.17, 15) is 9.59 Å². The van der Waals surface area contributed by atoms with E-state index in [4.69, 9.17) is 5.21 Å². The molecule has 2 rings (SSSR count). The zero-order chi connectivity index (χ0) is 13.0. The Kier molecular flexibility index (Phi) is 3.72. The molecular weight excluding hydrogens is 232 g/mol. The van der Waals surface area contributed by atoms with Gasteiger partial charge in [0.2, 0.25) is 0 Å². The lowest BCUT2D eigenvalue weighted by molar-refractivity contribution is 0.0652. The van der Waals surface area contributed by atoms with Crippen molar-refractivity contribution in [3.05, 3.63) is 35.4 Å². The molecule has 2 amide bonds. The van der Waals surface area contributed by atoms with Crippen LogP contribution in [0.3, 0.4) is 0 Å². The van der Waals surface area contributed by atoms with Crippen molar-refractivity contribution in [1.29, 1.82) is 0 Å². The van der Waals surface area contributed by atoms with Crippen molar-refractivity contribution in [2.45, 2.75) is 19.3 Å². The smallest absolute Gasteiger partial charge is 0.261 e. The summed E-state index contributed by atoms with van der Waals surface area (Å²) in [5.41, 5.74) is 0.971. The Labute approximate surface area is 105 Å². The van der Waals surface area contributed by atoms with E-state index in [0.717, 1.165) is 6.42 Å². The Bertz CT molecular complexity index is 462. The van der Waals surface area contributed by atoms with Gasteiger partial charge in [0.05, 0.1) is 11.1 Å². The molecule has 1 aromatic carbocycles. The Morgan fingerprint density at radius 1 is 1.11 bits per heavy atom. The highest BCUT2D eigenvalue weighted by atomic mass is 16.4. The summed E-state index contributed by atoms with van der Waals surface area (Å²) in [5.74, 6) is -0.433. The fraction of sp³-hybridized carbons (Fsp3) is 0.308. The largest absolute Gasteiger partial charge is 0.411 e. The fourth-order valence-corrected chi connectivity index (χ4v) is 2.01. The molecule has 1 aliphatic rings. The molecule has 0 aliphatic carbocycles. The standard InChI is InChI=1S/C13H14N2O3/c16-12-10-6-2-3-7-11(10)13(17)15(12)9-5-1-4-8-14-18/h2-3,6-8,18H,1,4-5,9H2/b14-8+.